The highest BCUT2D eigenvalue weighted by molar-refractivity contribution is 5.76. The van der Waals surface area contributed by atoms with E-state index in [1.807, 2.05) is 6.92 Å². The zero-order chi connectivity index (χ0) is 14.4. The molecule has 1 aromatic rings. The Kier molecular flexibility index (Phi) is 5.44. The van der Waals surface area contributed by atoms with Gasteiger partial charge in [-0.25, -0.2) is 4.79 Å². The van der Waals surface area contributed by atoms with Crippen LogP contribution in [0.4, 0.5) is 0 Å². The van der Waals surface area contributed by atoms with E-state index in [2.05, 4.69) is 5.32 Å². The van der Waals surface area contributed by atoms with Crippen molar-refractivity contribution in [3.8, 4) is 0 Å². The van der Waals surface area contributed by atoms with Gasteiger partial charge in [-0.15, -0.1) is 0 Å². The molecule has 0 aliphatic heterocycles. The molecular formula is C15H25N3O2. The van der Waals surface area contributed by atoms with Crippen LogP contribution < -0.4 is 11.0 Å². The van der Waals surface area contributed by atoms with Crippen molar-refractivity contribution in [2.24, 2.45) is 0 Å². The summed E-state index contributed by atoms with van der Waals surface area (Å²) in [5.74, 6) is -0.0479. The van der Waals surface area contributed by atoms with Crippen LogP contribution in [0.3, 0.4) is 0 Å². The van der Waals surface area contributed by atoms with Crippen molar-refractivity contribution in [2.45, 2.75) is 71.0 Å². The average Bonchev–Trinajstić information content (AvgIpc) is 2.65. The third-order valence-electron chi connectivity index (χ3n) is 3.92. The van der Waals surface area contributed by atoms with Crippen LogP contribution in [0.25, 0.3) is 0 Å². The maximum absolute atomic E-state index is 12.0. The highest BCUT2D eigenvalue weighted by Crippen LogP contribution is 2.17. The number of nitrogens with one attached hydrogen (secondary N) is 1. The summed E-state index contributed by atoms with van der Waals surface area (Å²) >= 11 is 0. The summed E-state index contributed by atoms with van der Waals surface area (Å²) in [7, 11) is 0. The maximum Gasteiger partial charge on any atom is 0.328 e. The van der Waals surface area contributed by atoms with Crippen molar-refractivity contribution >= 4 is 5.91 Å². The minimum Gasteiger partial charge on any atom is -0.352 e. The van der Waals surface area contributed by atoms with Crippen LogP contribution in [-0.2, 0) is 17.9 Å². The van der Waals surface area contributed by atoms with Crippen LogP contribution in [0.5, 0.6) is 0 Å². The summed E-state index contributed by atoms with van der Waals surface area (Å²) in [5, 5.41) is 3.07. The summed E-state index contributed by atoms with van der Waals surface area (Å²) in [6.45, 7) is 2.87. The third-order valence-corrected chi connectivity index (χ3v) is 3.92. The van der Waals surface area contributed by atoms with E-state index in [0.717, 1.165) is 19.3 Å². The molecule has 20 heavy (non-hydrogen) atoms. The Morgan fingerprint density at radius 1 is 1.20 bits per heavy atom. The van der Waals surface area contributed by atoms with E-state index in [0.29, 0.717) is 12.6 Å². The van der Waals surface area contributed by atoms with E-state index >= 15 is 0 Å². The van der Waals surface area contributed by atoms with Gasteiger partial charge < -0.3 is 5.32 Å². The zero-order valence-electron chi connectivity index (χ0n) is 12.3. The Morgan fingerprint density at radius 2 is 1.85 bits per heavy atom. The number of rotatable bonds is 5. The summed E-state index contributed by atoms with van der Waals surface area (Å²) in [4.78, 5) is 24.0. The van der Waals surface area contributed by atoms with Crippen molar-refractivity contribution in [1.29, 1.82) is 0 Å². The molecule has 0 atom stereocenters. The second kappa shape index (κ2) is 7.31. The lowest BCUT2D eigenvalue weighted by Gasteiger charge is -2.16. The molecule has 1 saturated carbocycles. The maximum atomic E-state index is 12.0. The number of amides is 1. The quantitative estimate of drug-likeness (QED) is 0.837. The second-order valence-corrected chi connectivity index (χ2v) is 5.66. The molecule has 0 unspecified atom stereocenters. The SMILES string of the molecule is CCCn1ccn(CC(=O)NC2CCCCCC2)c1=O. The lowest BCUT2D eigenvalue weighted by Crippen LogP contribution is -2.38. The third kappa shape index (κ3) is 3.99. The molecule has 0 radical (unpaired) electrons. The van der Waals surface area contributed by atoms with Crippen LogP contribution in [0.15, 0.2) is 17.2 Å². The molecule has 0 aromatic carbocycles. The average molecular weight is 279 g/mol. The molecule has 1 aliphatic carbocycles. The Labute approximate surface area is 120 Å². The number of imidazole rings is 1. The van der Waals surface area contributed by atoms with Gasteiger partial charge >= 0.3 is 5.69 Å². The van der Waals surface area contributed by atoms with Crippen LogP contribution in [0.1, 0.15) is 51.9 Å². The van der Waals surface area contributed by atoms with Gasteiger partial charge in [-0.1, -0.05) is 32.6 Å². The van der Waals surface area contributed by atoms with Crippen LogP contribution in [0, 0.1) is 0 Å². The number of nitrogens with zero attached hydrogens (tertiary/aromatic N) is 2. The lowest BCUT2D eigenvalue weighted by molar-refractivity contribution is -0.122. The molecule has 0 bridgehead atoms. The molecule has 0 saturated heterocycles. The first-order chi connectivity index (χ1) is 9.70. The molecule has 1 fully saturated rings. The summed E-state index contributed by atoms with van der Waals surface area (Å²) in [6.07, 6.45) is 11.4. The first-order valence-electron chi connectivity index (χ1n) is 7.75. The van der Waals surface area contributed by atoms with Gasteiger partial charge in [0.05, 0.1) is 0 Å². The first kappa shape index (κ1) is 14.9. The molecule has 112 valence electrons. The lowest BCUT2D eigenvalue weighted by atomic mass is 10.1. The minimum absolute atomic E-state index is 0.0479. The van der Waals surface area contributed by atoms with Crippen molar-refractivity contribution in [1.82, 2.24) is 14.5 Å². The fraction of sp³-hybridized carbons (Fsp3) is 0.733. The predicted octanol–water partition coefficient (Wildman–Crippen LogP) is 1.90. The van der Waals surface area contributed by atoms with Crippen LogP contribution in [-0.4, -0.2) is 21.1 Å². The van der Waals surface area contributed by atoms with Gasteiger partial charge in [0.2, 0.25) is 5.91 Å². The second-order valence-electron chi connectivity index (χ2n) is 5.66. The monoisotopic (exact) mass is 279 g/mol. The molecule has 1 aromatic heterocycles. The number of aryl methyl sites for hydroxylation is 1. The van der Waals surface area contributed by atoms with Gasteiger partial charge in [-0.3, -0.25) is 13.9 Å². The van der Waals surface area contributed by atoms with Gasteiger partial charge in [-0.2, -0.15) is 0 Å². The minimum atomic E-state index is -0.0946. The zero-order valence-corrected chi connectivity index (χ0v) is 12.3. The number of carbonyl (C=O) groups is 1. The van der Waals surface area contributed by atoms with E-state index in [9.17, 15) is 9.59 Å². The predicted molar refractivity (Wildman–Crippen MR) is 78.6 cm³/mol. The number of hydrogen-bond acceptors (Lipinski definition) is 2. The number of aromatic nitrogens is 2. The molecule has 1 heterocycles. The molecule has 0 spiro atoms. The summed E-state index contributed by atoms with van der Waals surface area (Å²) in [5.41, 5.74) is -0.0946. The molecular weight excluding hydrogens is 254 g/mol. The Bertz CT molecular complexity index is 482. The fourth-order valence-electron chi connectivity index (χ4n) is 2.84. The molecule has 1 aliphatic rings. The fourth-order valence-corrected chi connectivity index (χ4v) is 2.84. The Balaban J connectivity index is 1.89. The molecule has 5 nitrogen and oxygen atoms in total. The Hall–Kier alpha value is -1.52. The van der Waals surface area contributed by atoms with E-state index in [-0.39, 0.29) is 18.1 Å². The number of carbonyl (C=O) groups excluding carboxylic acids is 1. The van der Waals surface area contributed by atoms with Crippen molar-refractivity contribution < 1.29 is 4.79 Å². The molecule has 2 rings (SSSR count). The van der Waals surface area contributed by atoms with E-state index in [1.54, 1.807) is 17.0 Å². The van der Waals surface area contributed by atoms with Gasteiger partial charge in [-0.05, 0) is 19.3 Å². The highest BCUT2D eigenvalue weighted by Gasteiger charge is 2.15. The normalized spacial score (nSPS) is 16.9. The van der Waals surface area contributed by atoms with Gasteiger partial charge in [0.1, 0.15) is 6.54 Å². The molecule has 5 heteroatoms. The van der Waals surface area contributed by atoms with E-state index < -0.39 is 0 Å². The summed E-state index contributed by atoms with van der Waals surface area (Å²) in [6, 6.07) is 0.290. The highest BCUT2D eigenvalue weighted by atomic mass is 16.2. The summed E-state index contributed by atoms with van der Waals surface area (Å²) < 4.78 is 3.14. The standard InChI is InChI=1S/C15H25N3O2/c1-2-9-17-10-11-18(15(17)20)12-14(19)16-13-7-5-3-4-6-8-13/h10-11,13H,2-9,12H2,1H3,(H,16,19). The van der Waals surface area contributed by atoms with Gasteiger partial charge in [0, 0.05) is 25.0 Å². The topological polar surface area (TPSA) is 56.0 Å². The largest absolute Gasteiger partial charge is 0.352 e. The van der Waals surface area contributed by atoms with Crippen LogP contribution >= 0.6 is 0 Å². The van der Waals surface area contributed by atoms with Crippen LogP contribution in [0.2, 0.25) is 0 Å². The smallest absolute Gasteiger partial charge is 0.328 e. The number of hydrogen-bond donors (Lipinski definition) is 1. The van der Waals surface area contributed by atoms with E-state index in [1.165, 1.54) is 30.3 Å². The van der Waals surface area contributed by atoms with Crippen molar-refractivity contribution in [2.75, 3.05) is 0 Å². The van der Waals surface area contributed by atoms with Crippen molar-refractivity contribution in [3.63, 3.8) is 0 Å². The first-order valence-corrected chi connectivity index (χ1v) is 7.75. The van der Waals surface area contributed by atoms with Gasteiger partial charge in [0.25, 0.3) is 0 Å². The van der Waals surface area contributed by atoms with Crippen molar-refractivity contribution in [3.05, 3.63) is 22.9 Å². The molecule has 1 N–H and O–H groups in total. The van der Waals surface area contributed by atoms with Gasteiger partial charge in [0.15, 0.2) is 0 Å². The Morgan fingerprint density at radius 3 is 2.50 bits per heavy atom. The van der Waals surface area contributed by atoms with E-state index in [4.69, 9.17) is 0 Å². The molecule has 1 amide bonds.